The average Bonchev–Trinajstić information content (AvgIpc) is 2.65. The normalized spacial score (nSPS) is 15.3. The summed E-state index contributed by atoms with van der Waals surface area (Å²) in [6.45, 7) is 13.9. The highest BCUT2D eigenvalue weighted by Gasteiger charge is 2.37. The highest BCUT2D eigenvalue weighted by atomic mass is 28.3. The van der Waals surface area contributed by atoms with Gasteiger partial charge in [0.15, 0.2) is 9.04 Å². The minimum absolute atomic E-state index is 0.0301. The zero-order valence-electron chi connectivity index (χ0n) is 18.9. The van der Waals surface area contributed by atoms with Crippen LogP contribution in [-0.2, 0) is 22.2 Å². The summed E-state index contributed by atoms with van der Waals surface area (Å²) in [6.07, 6.45) is -0.0155. The van der Waals surface area contributed by atoms with Crippen LogP contribution in [-0.4, -0.2) is 33.0 Å². The number of aliphatic hydroxyl groups is 1. The quantitative estimate of drug-likeness (QED) is 0.547. The third-order valence-electron chi connectivity index (χ3n) is 5.09. The molecule has 0 aliphatic rings. The van der Waals surface area contributed by atoms with Crippen LogP contribution in [0.15, 0.2) is 54.6 Å². The molecular formula is C25H38O3Si. The van der Waals surface area contributed by atoms with Crippen LogP contribution in [0.4, 0.5) is 0 Å². The Labute approximate surface area is 178 Å². The molecule has 0 aromatic heterocycles. The second-order valence-corrected chi connectivity index (χ2v) is 11.8. The molecule has 2 rings (SSSR count). The Morgan fingerprint density at radius 1 is 0.966 bits per heavy atom. The zero-order valence-corrected chi connectivity index (χ0v) is 20.0. The van der Waals surface area contributed by atoms with Crippen molar-refractivity contribution in [3.8, 4) is 0 Å². The van der Waals surface area contributed by atoms with Gasteiger partial charge in [0.25, 0.3) is 0 Å². The summed E-state index contributed by atoms with van der Waals surface area (Å²) in [5.74, 6) is -0.0301. The van der Waals surface area contributed by atoms with Crippen molar-refractivity contribution in [3.63, 3.8) is 0 Å². The molecule has 2 aromatic rings. The van der Waals surface area contributed by atoms with Gasteiger partial charge >= 0.3 is 0 Å². The number of benzene rings is 2. The van der Waals surface area contributed by atoms with Crippen molar-refractivity contribution in [1.29, 1.82) is 0 Å². The van der Waals surface area contributed by atoms with Crippen LogP contribution in [0.1, 0.15) is 37.5 Å². The van der Waals surface area contributed by atoms with E-state index in [1.165, 1.54) is 11.1 Å². The minimum Gasteiger partial charge on any atom is -0.415 e. The van der Waals surface area contributed by atoms with Gasteiger partial charge in [0.2, 0.25) is 0 Å². The van der Waals surface area contributed by atoms with Gasteiger partial charge in [-0.1, -0.05) is 80.9 Å². The van der Waals surface area contributed by atoms with Crippen molar-refractivity contribution in [2.75, 3.05) is 6.61 Å². The van der Waals surface area contributed by atoms with Crippen LogP contribution in [0.25, 0.3) is 0 Å². The van der Waals surface area contributed by atoms with Crippen LogP contribution in [0.2, 0.25) is 13.1 Å². The summed E-state index contributed by atoms with van der Waals surface area (Å²) in [5.41, 5.74) is 3.47. The largest absolute Gasteiger partial charge is 0.415 e. The standard InChI is InChI=1S/C25H38O3Si/c1-19-11-10-14-21(15-19)16-22(18-27-17-20-12-8-7-9-13-20)23(26)24(25(2,3)4)28-29(5)6/h7-15,22-24,26,29H,16-18H2,1-6H3/t22-,23-,24?/m1/s1. The number of hydrogen-bond acceptors (Lipinski definition) is 3. The first kappa shape index (κ1) is 23.8. The molecule has 1 N–H and O–H groups in total. The SMILES string of the molecule is Cc1cccc(C[C@H](COCc2ccccc2)[C@@H](O)C(O[SiH](C)C)C(C)(C)C)c1. The van der Waals surface area contributed by atoms with Gasteiger partial charge in [-0.05, 0) is 43.0 Å². The fraction of sp³-hybridized carbons (Fsp3) is 0.520. The van der Waals surface area contributed by atoms with Gasteiger partial charge in [-0.15, -0.1) is 0 Å². The number of rotatable bonds is 10. The van der Waals surface area contributed by atoms with Gasteiger partial charge in [-0.3, -0.25) is 0 Å². The number of aliphatic hydroxyl groups excluding tert-OH is 1. The van der Waals surface area contributed by atoms with E-state index in [9.17, 15) is 5.11 Å². The third kappa shape index (κ3) is 8.05. The Bertz CT molecular complexity index is 724. The molecule has 2 aromatic carbocycles. The van der Waals surface area contributed by atoms with Gasteiger partial charge in [0.05, 0.1) is 25.4 Å². The molecule has 3 atom stereocenters. The molecule has 3 nitrogen and oxygen atoms in total. The first-order valence-electron chi connectivity index (χ1n) is 10.7. The van der Waals surface area contributed by atoms with Crippen molar-refractivity contribution < 1.29 is 14.3 Å². The second-order valence-electron chi connectivity index (χ2n) is 9.42. The van der Waals surface area contributed by atoms with Crippen molar-refractivity contribution in [3.05, 3.63) is 71.3 Å². The smallest absolute Gasteiger partial charge is 0.171 e. The third-order valence-corrected chi connectivity index (χ3v) is 5.93. The molecule has 0 aliphatic carbocycles. The molecule has 4 heteroatoms. The van der Waals surface area contributed by atoms with E-state index in [0.29, 0.717) is 13.2 Å². The Kier molecular flexibility index (Phi) is 9.09. The van der Waals surface area contributed by atoms with E-state index in [4.69, 9.17) is 9.16 Å². The molecule has 0 aliphatic heterocycles. The highest BCUT2D eigenvalue weighted by Crippen LogP contribution is 2.30. The van der Waals surface area contributed by atoms with Crippen LogP contribution in [0.3, 0.4) is 0 Å². The van der Waals surface area contributed by atoms with Crippen LogP contribution in [0.5, 0.6) is 0 Å². The van der Waals surface area contributed by atoms with Crippen LogP contribution in [0, 0.1) is 18.3 Å². The molecule has 160 valence electrons. The predicted molar refractivity (Wildman–Crippen MR) is 124 cm³/mol. The second kappa shape index (κ2) is 11.1. The first-order chi connectivity index (χ1) is 13.7. The lowest BCUT2D eigenvalue weighted by Crippen LogP contribution is -2.47. The molecule has 0 bridgehead atoms. The summed E-state index contributed by atoms with van der Waals surface area (Å²) < 4.78 is 12.4. The van der Waals surface area contributed by atoms with E-state index in [1.54, 1.807) is 0 Å². The Hall–Kier alpha value is -1.46. The van der Waals surface area contributed by atoms with E-state index in [0.717, 1.165) is 12.0 Å². The topological polar surface area (TPSA) is 38.7 Å². The maximum Gasteiger partial charge on any atom is 0.171 e. The van der Waals surface area contributed by atoms with Crippen molar-refractivity contribution in [1.82, 2.24) is 0 Å². The Balaban J connectivity index is 2.16. The summed E-state index contributed by atoms with van der Waals surface area (Å²) in [6, 6.07) is 18.7. The van der Waals surface area contributed by atoms with Crippen molar-refractivity contribution in [2.24, 2.45) is 11.3 Å². The van der Waals surface area contributed by atoms with Crippen LogP contribution < -0.4 is 0 Å². The Morgan fingerprint density at radius 3 is 2.21 bits per heavy atom. The lowest BCUT2D eigenvalue weighted by molar-refractivity contribution is -0.0763. The molecule has 29 heavy (non-hydrogen) atoms. The van der Waals surface area contributed by atoms with E-state index in [2.05, 4.69) is 77.2 Å². The van der Waals surface area contributed by atoms with E-state index in [1.807, 2.05) is 18.2 Å². The van der Waals surface area contributed by atoms with Gasteiger partial charge in [-0.2, -0.15) is 0 Å². The van der Waals surface area contributed by atoms with Gasteiger partial charge in [0.1, 0.15) is 0 Å². The molecule has 0 spiro atoms. The van der Waals surface area contributed by atoms with Crippen LogP contribution >= 0.6 is 0 Å². The fourth-order valence-corrected chi connectivity index (χ4v) is 4.82. The van der Waals surface area contributed by atoms with Gasteiger partial charge < -0.3 is 14.3 Å². The number of ether oxygens (including phenoxy) is 1. The zero-order chi connectivity index (χ0) is 21.4. The summed E-state index contributed by atoms with van der Waals surface area (Å²) >= 11 is 0. The molecule has 0 saturated carbocycles. The maximum atomic E-state index is 11.4. The van der Waals surface area contributed by atoms with Gasteiger partial charge in [-0.25, -0.2) is 0 Å². The predicted octanol–water partition coefficient (Wildman–Crippen LogP) is 5.15. The fourth-order valence-electron chi connectivity index (χ4n) is 3.66. The molecule has 0 radical (unpaired) electrons. The number of aryl methyl sites for hydroxylation is 1. The molecule has 0 saturated heterocycles. The molecule has 0 fully saturated rings. The maximum absolute atomic E-state index is 11.4. The summed E-state index contributed by atoms with van der Waals surface area (Å²) in [5, 5.41) is 11.4. The Morgan fingerprint density at radius 2 is 1.62 bits per heavy atom. The van der Waals surface area contributed by atoms with Crippen molar-refractivity contribution >= 4 is 9.04 Å². The number of hydrogen-bond donors (Lipinski definition) is 1. The lowest BCUT2D eigenvalue weighted by atomic mass is 9.80. The molecular weight excluding hydrogens is 376 g/mol. The molecule has 1 unspecified atom stereocenters. The monoisotopic (exact) mass is 414 g/mol. The average molecular weight is 415 g/mol. The highest BCUT2D eigenvalue weighted by molar-refractivity contribution is 6.48. The first-order valence-corrected chi connectivity index (χ1v) is 13.5. The minimum atomic E-state index is -1.30. The summed E-state index contributed by atoms with van der Waals surface area (Å²) in [4.78, 5) is 0. The molecule has 0 heterocycles. The molecule has 0 amide bonds. The van der Waals surface area contributed by atoms with Gasteiger partial charge in [0, 0.05) is 5.92 Å². The van der Waals surface area contributed by atoms with E-state index in [-0.39, 0.29) is 17.4 Å². The summed E-state index contributed by atoms with van der Waals surface area (Å²) in [7, 11) is -1.30. The van der Waals surface area contributed by atoms with Crippen molar-refractivity contribution in [2.45, 2.75) is 66.0 Å². The lowest BCUT2D eigenvalue weighted by Gasteiger charge is -2.39. The van der Waals surface area contributed by atoms with E-state index >= 15 is 0 Å². The van der Waals surface area contributed by atoms with E-state index < -0.39 is 15.1 Å².